The van der Waals surface area contributed by atoms with Crippen LogP contribution in [-0.4, -0.2) is 71.0 Å². The van der Waals surface area contributed by atoms with Gasteiger partial charge in [0, 0.05) is 71.3 Å². The minimum atomic E-state index is -0.0790. The van der Waals surface area contributed by atoms with Crippen LogP contribution in [0.3, 0.4) is 0 Å². The maximum Gasteiger partial charge on any atom is 0.317 e. The number of piperidine rings is 1. The van der Waals surface area contributed by atoms with E-state index in [9.17, 15) is 4.79 Å². The first-order valence-electron chi connectivity index (χ1n) is 9.59. The quantitative estimate of drug-likeness (QED) is 0.836. The van der Waals surface area contributed by atoms with Gasteiger partial charge < -0.3 is 20.0 Å². The summed E-state index contributed by atoms with van der Waals surface area (Å²) < 4.78 is 1.91. The highest BCUT2D eigenvalue weighted by molar-refractivity contribution is 5.74. The molecule has 0 aromatic carbocycles. The van der Waals surface area contributed by atoms with E-state index in [0.29, 0.717) is 12.5 Å². The SMILES string of the molecule is Cc1cc(N2CCCC(NC(=O)N(C)Cc3cnc(N(C)C)nc3)C2)n(C)n1. The number of hydrogen-bond acceptors (Lipinski definition) is 6. The van der Waals surface area contributed by atoms with Crippen LogP contribution in [0.5, 0.6) is 0 Å². The Bertz CT molecular complexity index is 801. The van der Waals surface area contributed by atoms with Crippen LogP contribution in [0, 0.1) is 6.92 Å². The van der Waals surface area contributed by atoms with Crippen molar-refractivity contribution in [1.82, 2.24) is 30.0 Å². The van der Waals surface area contributed by atoms with Gasteiger partial charge in [0.15, 0.2) is 0 Å². The lowest BCUT2D eigenvalue weighted by Gasteiger charge is -2.35. The standard InChI is InChI=1S/C19H30N8O/c1-14-9-17(26(5)23-14)27-8-6-7-16(13-27)22-19(28)25(4)12-15-10-20-18(21-11-15)24(2)3/h9-11,16H,6-8,12-13H2,1-5H3,(H,22,28). The predicted molar refractivity (Wildman–Crippen MR) is 110 cm³/mol. The van der Waals surface area contributed by atoms with E-state index in [-0.39, 0.29) is 12.1 Å². The number of rotatable bonds is 5. The highest BCUT2D eigenvalue weighted by Gasteiger charge is 2.24. The highest BCUT2D eigenvalue weighted by Crippen LogP contribution is 2.20. The van der Waals surface area contributed by atoms with Crippen LogP contribution in [0.25, 0.3) is 0 Å². The zero-order valence-corrected chi connectivity index (χ0v) is 17.4. The fourth-order valence-electron chi connectivity index (χ4n) is 3.49. The van der Waals surface area contributed by atoms with Crippen LogP contribution in [0.1, 0.15) is 24.1 Å². The summed E-state index contributed by atoms with van der Waals surface area (Å²) in [5.74, 6) is 1.76. The Balaban J connectivity index is 1.55. The summed E-state index contributed by atoms with van der Waals surface area (Å²) in [6.07, 6.45) is 5.55. The van der Waals surface area contributed by atoms with E-state index in [0.717, 1.165) is 43.0 Å². The van der Waals surface area contributed by atoms with Crippen molar-refractivity contribution in [2.24, 2.45) is 7.05 Å². The second kappa shape index (κ2) is 8.45. The fourth-order valence-corrected chi connectivity index (χ4v) is 3.49. The number of anilines is 2. The van der Waals surface area contributed by atoms with Crippen LogP contribution in [0.4, 0.5) is 16.6 Å². The van der Waals surface area contributed by atoms with E-state index in [2.05, 4.69) is 31.3 Å². The van der Waals surface area contributed by atoms with Crippen molar-refractivity contribution in [2.45, 2.75) is 32.4 Å². The number of nitrogens with one attached hydrogen (secondary N) is 1. The second-order valence-electron chi connectivity index (χ2n) is 7.64. The molecule has 9 heteroatoms. The Morgan fingerprint density at radius 3 is 2.61 bits per heavy atom. The molecule has 1 aliphatic rings. The van der Waals surface area contributed by atoms with E-state index in [1.54, 1.807) is 24.3 Å². The molecule has 0 radical (unpaired) electrons. The molecule has 9 nitrogen and oxygen atoms in total. The molecule has 1 unspecified atom stereocenters. The number of aryl methyl sites for hydroxylation is 2. The normalized spacial score (nSPS) is 16.8. The summed E-state index contributed by atoms with van der Waals surface area (Å²) in [7, 11) is 7.55. The van der Waals surface area contributed by atoms with Crippen LogP contribution < -0.4 is 15.1 Å². The molecule has 1 N–H and O–H groups in total. The summed E-state index contributed by atoms with van der Waals surface area (Å²) in [6, 6.07) is 2.13. The lowest BCUT2D eigenvalue weighted by atomic mass is 10.1. The maximum absolute atomic E-state index is 12.6. The van der Waals surface area contributed by atoms with Gasteiger partial charge in [0.2, 0.25) is 5.95 Å². The Labute approximate surface area is 166 Å². The largest absolute Gasteiger partial charge is 0.355 e. The van der Waals surface area contributed by atoms with Gasteiger partial charge in [0.05, 0.1) is 12.2 Å². The van der Waals surface area contributed by atoms with E-state index in [1.165, 1.54) is 0 Å². The van der Waals surface area contributed by atoms with Gasteiger partial charge in [-0.15, -0.1) is 0 Å². The van der Waals surface area contributed by atoms with Gasteiger partial charge in [0.1, 0.15) is 5.82 Å². The third-order valence-corrected chi connectivity index (χ3v) is 4.91. The summed E-state index contributed by atoms with van der Waals surface area (Å²) >= 11 is 0. The smallest absolute Gasteiger partial charge is 0.317 e. The van der Waals surface area contributed by atoms with Crippen molar-refractivity contribution >= 4 is 17.8 Å². The van der Waals surface area contributed by atoms with Gasteiger partial charge in [-0.1, -0.05) is 0 Å². The number of nitrogens with zero attached hydrogens (tertiary/aromatic N) is 7. The van der Waals surface area contributed by atoms with Gasteiger partial charge in [-0.2, -0.15) is 5.10 Å². The summed E-state index contributed by atoms with van der Waals surface area (Å²) in [4.78, 5) is 27.0. The summed E-state index contributed by atoms with van der Waals surface area (Å²) in [5, 5.41) is 7.59. The highest BCUT2D eigenvalue weighted by atomic mass is 16.2. The number of carbonyl (C=O) groups excluding carboxylic acids is 1. The molecule has 2 aromatic rings. The number of hydrogen-bond donors (Lipinski definition) is 1. The molecule has 2 amide bonds. The third kappa shape index (κ3) is 4.71. The molecule has 28 heavy (non-hydrogen) atoms. The van der Waals surface area contributed by atoms with Gasteiger partial charge in [-0.25, -0.2) is 14.8 Å². The lowest BCUT2D eigenvalue weighted by Crippen LogP contribution is -2.51. The lowest BCUT2D eigenvalue weighted by molar-refractivity contribution is 0.200. The van der Waals surface area contributed by atoms with Crippen LogP contribution in [-0.2, 0) is 13.6 Å². The Kier molecular flexibility index (Phi) is 6.01. The van der Waals surface area contributed by atoms with Gasteiger partial charge >= 0.3 is 6.03 Å². The minimum absolute atomic E-state index is 0.0790. The number of carbonyl (C=O) groups is 1. The molecular weight excluding hydrogens is 356 g/mol. The second-order valence-corrected chi connectivity index (χ2v) is 7.64. The average Bonchev–Trinajstić information content (AvgIpc) is 3.00. The van der Waals surface area contributed by atoms with Crippen molar-refractivity contribution in [2.75, 3.05) is 44.0 Å². The summed E-state index contributed by atoms with van der Waals surface area (Å²) in [5.41, 5.74) is 1.91. The zero-order valence-electron chi connectivity index (χ0n) is 17.4. The zero-order chi connectivity index (χ0) is 20.3. The first-order valence-corrected chi connectivity index (χ1v) is 9.59. The van der Waals surface area contributed by atoms with Gasteiger partial charge in [-0.05, 0) is 19.8 Å². The van der Waals surface area contributed by atoms with Gasteiger partial charge in [-0.3, -0.25) is 4.68 Å². The first-order chi connectivity index (χ1) is 13.3. The molecule has 0 bridgehead atoms. The van der Waals surface area contributed by atoms with E-state index >= 15 is 0 Å². The molecule has 1 atom stereocenters. The minimum Gasteiger partial charge on any atom is -0.355 e. The first kappa shape index (κ1) is 19.9. The molecule has 0 aliphatic carbocycles. The van der Waals surface area contributed by atoms with Crippen molar-refractivity contribution in [3.63, 3.8) is 0 Å². The predicted octanol–water partition coefficient (Wildman–Crippen LogP) is 1.39. The molecule has 3 heterocycles. The van der Waals surface area contributed by atoms with Crippen LogP contribution in [0.2, 0.25) is 0 Å². The Morgan fingerprint density at radius 2 is 2.00 bits per heavy atom. The molecule has 1 fully saturated rings. The van der Waals surface area contributed by atoms with E-state index in [4.69, 9.17) is 0 Å². The van der Waals surface area contributed by atoms with E-state index < -0.39 is 0 Å². The molecular formula is C19H30N8O. The molecule has 1 saturated heterocycles. The monoisotopic (exact) mass is 386 g/mol. The van der Waals surface area contributed by atoms with Crippen molar-refractivity contribution in [3.8, 4) is 0 Å². The van der Waals surface area contributed by atoms with E-state index in [1.807, 2.05) is 37.6 Å². The topological polar surface area (TPSA) is 82.4 Å². The molecule has 3 rings (SSSR count). The average molecular weight is 387 g/mol. The van der Waals surface area contributed by atoms with Crippen LogP contribution >= 0.6 is 0 Å². The van der Waals surface area contributed by atoms with Crippen molar-refractivity contribution in [1.29, 1.82) is 0 Å². The van der Waals surface area contributed by atoms with Crippen molar-refractivity contribution < 1.29 is 4.79 Å². The molecule has 2 aromatic heterocycles. The molecule has 1 aliphatic heterocycles. The molecule has 0 spiro atoms. The number of amides is 2. The number of aromatic nitrogens is 4. The molecule has 152 valence electrons. The Hall–Kier alpha value is -2.84. The molecule has 0 saturated carbocycles. The number of urea groups is 1. The maximum atomic E-state index is 12.6. The summed E-state index contributed by atoms with van der Waals surface area (Å²) in [6.45, 7) is 4.24. The Morgan fingerprint density at radius 1 is 1.29 bits per heavy atom. The third-order valence-electron chi connectivity index (χ3n) is 4.91. The van der Waals surface area contributed by atoms with Crippen molar-refractivity contribution in [3.05, 3.63) is 29.7 Å². The fraction of sp³-hybridized carbons (Fsp3) is 0.579. The van der Waals surface area contributed by atoms with Crippen LogP contribution in [0.15, 0.2) is 18.5 Å². The van der Waals surface area contributed by atoms with Gasteiger partial charge in [0.25, 0.3) is 0 Å².